The molecule has 0 amide bonds. The average molecular weight is 641 g/mol. The van der Waals surface area contributed by atoms with Crippen LogP contribution in [0.5, 0.6) is 0 Å². The highest BCUT2D eigenvalue weighted by Crippen LogP contribution is 2.39. The van der Waals surface area contributed by atoms with Gasteiger partial charge in [-0.15, -0.1) is 0 Å². The van der Waals surface area contributed by atoms with E-state index in [0.29, 0.717) is 17.5 Å². The molecule has 0 saturated carbocycles. The smallest absolute Gasteiger partial charge is 0.164 e. The lowest BCUT2D eigenvalue weighted by molar-refractivity contribution is 0.669. The fourth-order valence-electron chi connectivity index (χ4n) is 7.15. The summed E-state index contributed by atoms with van der Waals surface area (Å²) in [7, 11) is 0. The Morgan fingerprint density at radius 2 is 0.940 bits per heavy atom. The maximum absolute atomic E-state index is 6.44. The van der Waals surface area contributed by atoms with Crippen LogP contribution in [0.25, 0.3) is 94.7 Å². The number of hydrogen-bond donors (Lipinski definition) is 0. The molecule has 3 aromatic heterocycles. The second-order valence-electron chi connectivity index (χ2n) is 12.5. The first-order valence-electron chi connectivity index (χ1n) is 16.7. The molecule has 0 spiro atoms. The van der Waals surface area contributed by atoms with Crippen LogP contribution in [0.3, 0.4) is 0 Å². The van der Waals surface area contributed by atoms with Crippen molar-refractivity contribution >= 4 is 43.7 Å². The molecule has 0 radical (unpaired) electrons. The van der Waals surface area contributed by atoms with Gasteiger partial charge in [-0.1, -0.05) is 127 Å². The van der Waals surface area contributed by atoms with E-state index >= 15 is 0 Å². The summed E-state index contributed by atoms with van der Waals surface area (Å²) in [5.41, 5.74) is 10.1. The van der Waals surface area contributed by atoms with E-state index in [4.69, 9.17) is 19.4 Å². The lowest BCUT2D eigenvalue weighted by Crippen LogP contribution is -2.00. The predicted octanol–water partition coefficient (Wildman–Crippen LogP) is 11.5. The number of benzene rings is 7. The van der Waals surface area contributed by atoms with Crippen LogP contribution in [0.15, 0.2) is 174 Å². The van der Waals surface area contributed by atoms with Crippen molar-refractivity contribution in [3.05, 3.63) is 170 Å². The van der Waals surface area contributed by atoms with Crippen molar-refractivity contribution in [1.29, 1.82) is 0 Å². The van der Waals surface area contributed by atoms with E-state index in [1.54, 1.807) is 0 Å². The van der Waals surface area contributed by atoms with Crippen molar-refractivity contribution in [2.24, 2.45) is 0 Å². The van der Waals surface area contributed by atoms with Gasteiger partial charge in [0.1, 0.15) is 11.2 Å². The summed E-state index contributed by atoms with van der Waals surface area (Å²) in [6.45, 7) is 0. The monoisotopic (exact) mass is 640 g/mol. The molecule has 5 heteroatoms. The van der Waals surface area contributed by atoms with Crippen molar-refractivity contribution in [2.45, 2.75) is 0 Å². The lowest BCUT2D eigenvalue weighted by atomic mass is 10.00. The van der Waals surface area contributed by atoms with Crippen molar-refractivity contribution in [1.82, 2.24) is 19.5 Å². The van der Waals surface area contributed by atoms with Crippen molar-refractivity contribution in [3.8, 4) is 51.0 Å². The summed E-state index contributed by atoms with van der Waals surface area (Å²) in [6, 6.07) is 58.6. The molecule has 0 saturated heterocycles. The Bertz CT molecular complexity index is 2760. The van der Waals surface area contributed by atoms with Crippen molar-refractivity contribution < 1.29 is 4.42 Å². The fraction of sp³-hybridized carbons (Fsp3) is 0. The van der Waals surface area contributed by atoms with E-state index in [1.165, 1.54) is 21.8 Å². The third kappa shape index (κ3) is 4.60. The van der Waals surface area contributed by atoms with Crippen LogP contribution in [0.1, 0.15) is 0 Å². The molecule has 3 heterocycles. The van der Waals surface area contributed by atoms with Gasteiger partial charge in [0.25, 0.3) is 0 Å². The van der Waals surface area contributed by atoms with Crippen molar-refractivity contribution in [3.63, 3.8) is 0 Å². The first kappa shape index (κ1) is 28.2. The highest BCUT2D eigenvalue weighted by atomic mass is 16.3. The molecule has 0 aliphatic carbocycles. The Kier molecular flexibility index (Phi) is 6.42. The zero-order valence-corrected chi connectivity index (χ0v) is 26.9. The second-order valence-corrected chi connectivity index (χ2v) is 12.5. The summed E-state index contributed by atoms with van der Waals surface area (Å²) >= 11 is 0. The molecule has 0 fully saturated rings. The average Bonchev–Trinajstić information content (AvgIpc) is 3.74. The minimum absolute atomic E-state index is 0.602. The summed E-state index contributed by atoms with van der Waals surface area (Å²) in [5.74, 6) is 1.86. The fourth-order valence-corrected chi connectivity index (χ4v) is 7.15. The molecule has 10 aromatic rings. The molecule has 0 aliphatic rings. The van der Waals surface area contributed by atoms with Gasteiger partial charge in [0.2, 0.25) is 0 Å². The number of para-hydroxylation sites is 2. The molecule has 7 aromatic carbocycles. The predicted molar refractivity (Wildman–Crippen MR) is 203 cm³/mol. The standard InChI is InChI=1S/C45H28N4O/c1-3-13-29(14-4-1)43-46-44(30-15-5-2-6-16-30)48-45(47-43)36-21-12-24-41-42(36)37-28-32(25-26-40(37)50-41)31-17-11-18-33(27-31)49-38-22-9-7-19-34(38)35-20-8-10-23-39(35)49/h1-28H. The number of furan rings is 1. The quantitative estimate of drug-likeness (QED) is 0.188. The van der Waals surface area contributed by atoms with Gasteiger partial charge in [-0.05, 0) is 53.6 Å². The van der Waals surface area contributed by atoms with E-state index in [1.807, 2.05) is 72.8 Å². The number of nitrogens with zero attached hydrogens (tertiary/aromatic N) is 4. The molecule has 50 heavy (non-hydrogen) atoms. The Labute approximate surface area is 287 Å². The largest absolute Gasteiger partial charge is 0.456 e. The van der Waals surface area contributed by atoms with E-state index < -0.39 is 0 Å². The van der Waals surface area contributed by atoms with Gasteiger partial charge in [-0.2, -0.15) is 0 Å². The van der Waals surface area contributed by atoms with Crippen molar-refractivity contribution in [2.75, 3.05) is 0 Å². The lowest BCUT2D eigenvalue weighted by Gasteiger charge is -2.11. The van der Waals surface area contributed by atoms with Crippen LogP contribution in [0.4, 0.5) is 0 Å². The molecular weight excluding hydrogens is 613 g/mol. The summed E-state index contributed by atoms with van der Waals surface area (Å²) in [5, 5.41) is 4.48. The summed E-state index contributed by atoms with van der Waals surface area (Å²) in [6.07, 6.45) is 0. The van der Waals surface area contributed by atoms with Crippen LogP contribution in [-0.2, 0) is 0 Å². The number of hydrogen-bond acceptors (Lipinski definition) is 4. The molecular formula is C45H28N4O. The van der Waals surface area contributed by atoms with Gasteiger partial charge in [0.15, 0.2) is 17.5 Å². The SMILES string of the molecule is c1ccc(-c2nc(-c3ccccc3)nc(-c3cccc4oc5ccc(-c6cccc(-n7c8ccccc8c8ccccc87)c6)cc5c34)n2)cc1. The molecule has 5 nitrogen and oxygen atoms in total. The third-order valence-electron chi connectivity index (χ3n) is 9.45. The minimum Gasteiger partial charge on any atom is -0.456 e. The first-order valence-corrected chi connectivity index (χ1v) is 16.7. The van der Waals surface area contributed by atoms with Gasteiger partial charge >= 0.3 is 0 Å². The van der Waals surface area contributed by atoms with Crippen LogP contribution in [0, 0.1) is 0 Å². The molecule has 0 aliphatic heterocycles. The zero-order chi connectivity index (χ0) is 33.0. The van der Waals surface area contributed by atoms with Crippen LogP contribution < -0.4 is 0 Å². The highest BCUT2D eigenvalue weighted by molar-refractivity contribution is 6.13. The van der Waals surface area contributed by atoms with Gasteiger partial charge in [0, 0.05) is 43.9 Å². The zero-order valence-electron chi connectivity index (χ0n) is 26.9. The summed E-state index contributed by atoms with van der Waals surface area (Å²) in [4.78, 5) is 15.0. The topological polar surface area (TPSA) is 56.7 Å². The molecule has 0 atom stereocenters. The maximum atomic E-state index is 6.44. The normalized spacial score (nSPS) is 11.6. The second kappa shape index (κ2) is 11.4. The van der Waals surface area contributed by atoms with E-state index in [-0.39, 0.29) is 0 Å². The van der Waals surface area contributed by atoms with Gasteiger partial charge in [-0.25, -0.2) is 15.0 Å². The highest BCUT2D eigenvalue weighted by Gasteiger charge is 2.19. The molecule has 0 unspecified atom stereocenters. The molecule has 0 bridgehead atoms. The summed E-state index contributed by atoms with van der Waals surface area (Å²) < 4.78 is 8.79. The third-order valence-corrected chi connectivity index (χ3v) is 9.45. The Hall–Kier alpha value is -6.85. The minimum atomic E-state index is 0.602. The van der Waals surface area contributed by atoms with Crippen LogP contribution in [0.2, 0.25) is 0 Å². The first-order chi connectivity index (χ1) is 24.8. The molecule has 234 valence electrons. The van der Waals surface area contributed by atoms with Crippen LogP contribution in [-0.4, -0.2) is 19.5 Å². The molecule has 0 N–H and O–H groups in total. The van der Waals surface area contributed by atoms with Gasteiger partial charge in [-0.3, -0.25) is 0 Å². The van der Waals surface area contributed by atoms with Crippen LogP contribution >= 0.6 is 0 Å². The van der Waals surface area contributed by atoms with E-state index in [2.05, 4.69) is 102 Å². The number of aromatic nitrogens is 4. The molecule has 10 rings (SSSR count). The number of fused-ring (bicyclic) bond motifs is 6. The Morgan fingerprint density at radius 1 is 0.380 bits per heavy atom. The van der Waals surface area contributed by atoms with Gasteiger partial charge < -0.3 is 8.98 Å². The maximum Gasteiger partial charge on any atom is 0.164 e. The Balaban J connectivity index is 1.15. The Morgan fingerprint density at radius 3 is 1.62 bits per heavy atom. The number of rotatable bonds is 5. The van der Waals surface area contributed by atoms with E-state index in [9.17, 15) is 0 Å². The van der Waals surface area contributed by atoms with E-state index in [0.717, 1.165) is 55.4 Å². The van der Waals surface area contributed by atoms with Gasteiger partial charge in [0.05, 0.1) is 11.0 Å².